The van der Waals surface area contributed by atoms with Crippen molar-refractivity contribution in [1.29, 1.82) is 0 Å². The molecule has 94 valence electrons. The highest BCUT2D eigenvalue weighted by Gasteiger charge is 2.25. The van der Waals surface area contributed by atoms with Crippen LogP contribution < -0.4 is 11.3 Å². The summed E-state index contributed by atoms with van der Waals surface area (Å²) in [5.41, 5.74) is 5.79. The van der Waals surface area contributed by atoms with E-state index in [1.807, 2.05) is 0 Å². The lowest BCUT2D eigenvalue weighted by atomic mass is 9.91. The van der Waals surface area contributed by atoms with Crippen LogP contribution in [0.15, 0.2) is 24.3 Å². The van der Waals surface area contributed by atoms with E-state index in [-0.39, 0.29) is 0 Å². The summed E-state index contributed by atoms with van der Waals surface area (Å²) in [5.74, 6) is 6.45. The van der Waals surface area contributed by atoms with Gasteiger partial charge in [-0.25, -0.2) is 0 Å². The quantitative estimate of drug-likeness (QED) is 0.603. The third-order valence-corrected chi connectivity index (χ3v) is 3.93. The Labute approximate surface area is 105 Å². The zero-order valence-electron chi connectivity index (χ0n) is 10.8. The van der Waals surface area contributed by atoms with Gasteiger partial charge in [0.2, 0.25) is 0 Å². The summed E-state index contributed by atoms with van der Waals surface area (Å²) in [6.45, 7) is 2.22. The molecule has 2 heteroatoms. The normalized spacial score (nSPS) is 18.5. The van der Waals surface area contributed by atoms with Crippen LogP contribution in [0.4, 0.5) is 0 Å². The van der Waals surface area contributed by atoms with Crippen LogP contribution in [0.25, 0.3) is 0 Å². The van der Waals surface area contributed by atoms with Gasteiger partial charge in [-0.15, -0.1) is 0 Å². The monoisotopic (exact) mass is 232 g/mol. The highest BCUT2D eigenvalue weighted by molar-refractivity contribution is 5.25. The van der Waals surface area contributed by atoms with Crippen LogP contribution in [-0.2, 0) is 6.42 Å². The molecular formula is C15H24N2. The third-order valence-electron chi connectivity index (χ3n) is 3.93. The molecule has 0 amide bonds. The molecule has 2 nitrogen and oxygen atoms in total. The predicted octanol–water partition coefficient (Wildman–Crippen LogP) is 3.33. The summed E-state index contributed by atoms with van der Waals surface area (Å²) < 4.78 is 0. The van der Waals surface area contributed by atoms with E-state index in [1.165, 1.54) is 49.7 Å². The molecule has 1 saturated carbocycles. The first-order chi connectivity index (χ1) is 8.35. The van der Waals surface area contributed by atoms with Gasteiger partial charge in [-0.05, 0) is 36.3 Å². The average molecular weight is 232 g/mol. The molecule has 0 heterocycles. The molecule has 3 N–H and O–H groups in total. The molecular weight excluding hydrogens is 208 g/mol. The molecule has 1 aromatic carbocycles. The molecule has 0 aliphatic heterocycles. The van der Waals surface area contributed by atoms with Gasteiger partial charge in [0.05, 0.1) is 0 Å². The summed E-state index contributed by atoms with van der Waals surface area (Å²) in [6.07, 6.45) is 7.72. The Bertz CT molecular complexity index is 325. The Morgan fingerprint density at radius 2 is 1.88 bits per heavy atom. The molecule has 1 atom stereocenters. The van der Waals surface area contributed by atoms with Crippen molar-refractivity contribution in [2.75, 3.05) is 0 Å². The van der Waals surface area contributed by atoms with Gasteiger partial charge in [-0.1, -0.05) is 50.5 Å². The molecule has 17 heavy (non-hydrogen) atoms. The van der Waals surface area contributed by atoms with Crippen LogP contribution in [-0.4, -0.2) is 0 Å². The van der Waals surface area contributed by atoms with Gasteiger partial charge < -0.3 is 0 Å². The first-order valence-corrected chi connectivity index (χ1v) is 6.90. The Morgan fingerprint density at radius 3 is 2.41 bits per heavy atom. The Morgan fingerprint density at radius 1 is 1.24 bits per heavy atom. The van der Waals surface area contributed by atoms with E-state index in [2.05, 4.69) is 36.6 Å². The minimum atomic E-state index is 0.341. The van der Waals surface area contributed by atoms with Crippen molar-refractivity contribution in [1.82, 2.24) is 5.43 Å². The molecule has 0 bridgehead atoms. The van der Waals surface area contributed by atoms with Gasteiger partial charge in [0.15, 0.2) is 0 Å². The molecule has 1 fully saturated rings. The molecule has 1 aliphatic carbocycles. The minimum Gasteiger partial charge on any atom is -0.271 e. The van der Waals surface area contributed by atoms with Gasteiger partial charge in [-0.2, -0.15) is 0 Å². The van der Waals surface area contributed by atoms with E-state index in [0.29, 0.717) is 6.04 Å². The van der Waals surface area contributed by atoms with Crippen molar-refractivity contribution in [3.8, 4) is 0 Å². The second kappa shape index (κ2) is 6.18. The van der Waals surface area contributed by atoms with Crippen molar-refractivity contribution in [3.05, 3.63) is 35.4 Å². The highest BCUT2D eigenvalue weighted by atomic mass is 15.2. The van der Waals surface area contributed by atoms with E-state index in [1.54, 1.807) is 0 Å². The molecule has 1 aromatic rings. The first kappa shape index (κ1) is 12.6. The maximum atomic E-state index is 5.73. The molecule has 0 radical (unpaired) electrons. The first-order valence-electron chi connectivity index (χ1n) is 6.90. The van der Waals surface area contributed by atoms with Crippen LogP contribution in [0, 0.1) is 5.92 Å². The zero-order valence-corrected chi connectivity index (χ0v) is 10.8. The lowest BCUT2D eigenvalue weighted by molar-refractivity contribution is 0.373. The number of nitrogens with two attached hydrogens (primary N) is 1. The van der Waals surface area contributed by atoms with E-state index in [4.69, 9.17) is 5.84 Å². The minimum absolute atomic E-state index is 0.341. The lowest BCUT2D eigenvalue weighted by Crippen LogP contribution is -2.32. The molecule has 0 spiro atoms. The maximum absolute atomic E-state index is 5.73. The largest absolute Gasteiger partial charge is 0.271 e. The number of hydrazine groups is 1. The van der Waals surface area contributed by atoms with Gasteiger partial charge in [-0.3, -0.25) is 11.3 Å². The standard InChI is InChI=1S/C15H24N2/c1-2-5-12-8-10-14(11-9-12)15(17-16)13-6-3-4-7-13/h8-11,13,15,17H,2-7,16H2,1H3. The van der Waals surface area contributed by atoms with Crippen molar-refractivity contribution >= 4 is 0 Å². The summed E-state index contributed by atoms with van der Waals surface area (Å²) >= 11 is 0. The van der Waals surface area contributed by atoms with E-state index in [0.717, 1.165) is 5.92 Å². The Balaban J connectivity index is 2.07. The van der Waals surface area contributed by atoms with E-state index in [9.17, 15) is 0 Å². The molecule has 1 aliphatic rings. The van der Waals surface area contributed by atoms with E-state index < -0.39 is 0 Å². The van der Waals surface area contributed by atoms with Crippen molar-refractivity contribution < 1.29 is 0 Å². The number of rotatable bonds is 5. The van der Waals surface area contributed by atoms with Gasteiger partial charge in [0.25, 0.3) is 0 Å². The lowest BCUT2D eigenvalue weighted by Gasteiger charge is -2.23. The van der Waals surface area contributed by atoms with Crippen LogP contribution in [0.2, 0.25) is 0 Å². The second-order valence-electron chi connectivity index (χ2n) is 5.18. The zero-order chi connectivity index (χ0) is 12.1. The van der Waals surface area contributed by atoms with Crippen LogP contribution >= 0.6 is 0 Å². The van der Waals surface area contributed by atoms with Crippen molar-refractivity contribution in [2.24, 2.45) is 11.8 Å². The summed E-state index contributed by atoms with van der Waals surface area (Å²) in [7, 11) is 0. The van der Waals surface area contributed by atoms with Gasteiger partial charge in [0.1, 0.15) is 0 Å². The highest BCUT2D eigenvalue weighted by Crippen LogP contribution is 2.35. The van der Waals surface area contributed by atoms with Crippen LogP contribution in [0.3, 0.4) is 0 Å². The molecule has 1 unspecified atom stereocenters. The summed E-state index contributed by atoms with van der Waals surface area (Å²) in [6, 6.07) is 9.32. The summed E-state index contributed by atoms with van der Waals surface area (Å²) in [5, 5.41) is 0. The second-order valence-corrected chi connectivity index (χ2v) is 5.18. The molecule has 0 aromatic heterocycles. The number of hydrogen-bond donors (Lipinski definition) is 2. The van der Waals surface area contributed by atoms with Crippen molar-refractivity contribution in [3.63, 3.8) is 0 Å². The van der Waals surface area contributed by atoms with Crippen molar-refractivity contribution in [2.45, 2.75) is 51.5 Å². The number of hydrogen-bond acceptors (Lipinski definition) is 2. The number of nitrogens with one attached hydrogen (secondary N) is 1. The maximum Gasteiger partial charge on any atom is 0.0488 e. The van der Waals surface area contributed by atoms with Crippen LogP contribution in [0.5, 0.6) is 0 Å². The SMILES string of the molecule is CCCc1ccc(C(NN)C2CCCC2)cc1. The smallest absolute Gasteiger partial charge is 0.0488 e. The Hall–Kier alpha value is -0.860. The Kier molecular flexibility index (Phi) is 4.57. The van der Waals surface area contributed by atoms with Gasteiger partial charge >= 0.3 is 0 Å². The third kappa shape index (κ3) is 3.08. The summed E-state index contributed by atoms with van der Waals surface area (Å²) in [4.78, 5) is 0. The average Bonchev–Trinajstić information content (AvgIpc) is 2.86. The number of aryl methyl sites for hydroxylation is 1. The fraction of sp³-hybridized carbons (Fsp3) is 0.600. The molecule has 2 rings (SSSR count). The predicted molar refractivity (Wildman–Crippen MR) is 72.5 cm³/mol. The van der Waals surface area contributed by atoms with E-state index >= 15 is 0 Å². The number of benzene rings is 1. The van der Waals surface area contributed by atoms with Crippen LogP contribution in [0.1, 0.15) is 56.2 Å². The fourth-order valence-electron chi connectivity index (χ4n) is 2.98. The van der Waals surface area contributed by atoms with Gasteiger partial charge in [0, 0.05) is 6.04 Å². The molecule has 0 saturated heterocycles. The topological polar surface area (TPSA) is 38.0 Å². The fourth-order valence-corrected chi connectivity index (χ4v) is 2.98.